The van der Waals surface area contributed by atoms with Gasteiger partial charge < -0.3 is 15.4 Å². The van der Waals surface area contributed by atoms with Crippen LogP contribution < -0.4 is 15.4 Å². The van der Waals surface area contributed by atoms with Crippen LogP contribution in [0.15, 0.2) is 42.6 Å². The highest BCUT2D eigenvalue weighted by Gasteiger charge is 2.47. The van der Waals surface area contributed by atoms with Gasteiger partial charge in [-0.15, -0.1) is 0 Å². The molecule has 0 spiro atoms. The van der Waals surface area contributed by atoms with E-state index in [0.717, 1.165) is 0 Å². The Kier molecular flexibility index (Phi) is 3.25. The van der Waals surface area contributed by atoms with Gasteiger partial charge in [0.05, 0.1) is 5.69 Å². The quantitative estimate of drug-likeness (QED) is 0.831. The number of ether oxygens (including phenoxy) is 1. The summed E-state index contributed by atoms with van der Waals surface area (Å²) < 4.78 is 19.1. The Morgan fingerprint density at radius 1 is 1.32 bits per heavy atom. The number of hydrogen-bond donors (Lipinski definition) is 2. The number of benzene rings is 1. The molecular weight excluding hydrogens is 289 g/mol. The molecule has 7 heteroatoms. The maximum absolute atomic E-state index is 13.6. The van der Waals surface area contributed by atoms with Gasteiger partial charge in [-0.3, -0.25) is 9.59 Å². The Morgan fingerprint density at radius 2 is 2.09 bits per heavy atom. The van der Waals surface area contributed by atoms with E-state index in [4.69, 9.17) is 4.74 Å². The van der Waals surface area contributed by atoms with E-state index in [1.54, 1.807) is 18.2 Å². The molecule has 0 radical (unpaired) electrons. The number of nitrogens with one attached hydrogen (secondary N) is 2. The van der Waals surface area contributed by atoms with Crippen LogP contribution in [0.25, 0.3) is 0 Å². The molecule has 2 N–H and O–H groups in total. The number of carbonyl (C=O) groups excluding carboxylic acids is 2. The number of hydrogen-bond acceptors (Lipinski definition) is 4. The van der Waals surface area contributed by atoms with E-state index < -0.39 is 23.2 Å². The van der Waals surface area contributed by atoms with E-state index in [1.165, 1.54) is 31.3 Å². The second kappa shape index (κ2) is 5.10. The van der Waals surface area contributed by atoms with Gasteiger partial charge in [-0.25, -0.2) is 9.37 Å². The number of anilines is 2. The zero-order valence-corrected chi connectivity index (χ0v) is 11.6. The lowest BCUT2D eigenvalue weighted by Gasteiger charge is -2.32. The third-order valence-electron chi connectivity index (χ3n) is 3.31. The summed E-state index contributed by atoms with van der Waals surface area (Å²) in [4.78, 5) is 28.5. The van der Waals surface area contributed by atoms with Gasteiger partial charge in [-0.1, -0.05) is 12.1 Å². The van der Waals surface area contributed by atoms with Crippen molar-refractivity contribution in [2.75, 3.05) is 10.6 Å². The fourth-order valence-electron chi connectivity index (χ4n) is 2.01. The smallest absolute Gasteiger partial charge is 0.279 e. The van der Waals surface area contributed by atoms with Crippen molar-refractivity contribution in [2.24, 2.45) is 0 Å². The highest BCUT2D eigenvalue weighted by atomic mass is 19.1. The Hall–Kier alpha value is -2.96. The summed E-state index contributed by atoms with van der Waals surface area (Å²) in [6.07, 6.45) is 1.49. The van der Waals surface area contributed by atoms with Gasteiger partial charge in [-0.2, -0.15) is 0 Å². The number of fused-ring (bicyclic) bond motifs is 1. The van der Waals surface area contributed by atoms with Gasteiger partial charge in [0.1, 0.15) is 5.82 Å². The van der Waals surface area contributed by atoms with E-state index in [9.17, 15) is 14.0 Å². The highest BCUT2D eigenvalue weighted by Crippen LogP contribution is 2.32. The third kappa shape index (κ3) is 2.26. The summed E-state index contributed by atoms with van der Waals surface area (Å²) in [7, 11) is 0. The molecule has 1 atom stereocenters. The van der Waals surface area contributed by atoms with E-state index >= 15 is 0 Å². The zero-order valence-electron chi connectivity index (χ0n) is 11.6. The lowest BCUT2D eigenvalue weighted by Crippen LogP contribution is -2.56. The maximum Gasteiger partial charge on any atom is 0.279 e. The van der Waals surface area contributed by atoms with Gasteiger partial charge in [-0.05, 0) is 31.2 Å². The SMILES string of the molecule is CC1(C(=O)Nc2ccccc2F)Oc2cccnc2NC1=O. The minimum atomic E-state index is -1.82. The molecule has 0 aliphatic carbocycles. The van der Waals surface area contributed by atoms with Crippen molar-refractivity contribution in [1.29, 1.82) is 0 Å². The van der Waals surface area contributed by atoms with Crippen LogP contribution in [0.4, 0.5) is 15.9 Å². The molecule has 112 valence electrons. The fraction of sp³-hybridized carbons (Fsp3) is 0.133. The first-order valence-corrected chi connectivity index (χ1v) is 6.52. The molecule has 1 unspecified atom stereocenters. The summed E-state index contributed by atoms with van der Waals surface area (Å²) >= 11 is 0. The number of para-hydroxylation sites is 1. The van der Waals surface area contributed by atoms with Crippen molar-refractivity contribution < 1.29 is 18.7 Å². The van der Waals surface area contributed by atoms with E-state index in [2.05, 4.69) is 15.6 Å². The summed E-state index contributed by atoms with van der Waals surface area (Å²) in [6, 6.07) is 8.87. The van der Waals surface area contributed by atoms with Crippen LogP contribution in [0.3, 0.4) is 0 Å². The molecule has 2 amide bonds. The van der Waals surface area contributed by atoms with Crippen LogP contribution in [0.1, 0.15) is 6.92 Å². The van der Waals surface area contributed by atoms with Crippen molar-refractivity contribution in [3.8, 4) is 5.75 Å². The fourth-order valence-corrected chi connectivity index (χ4v) is 2.01. The number of nitrogens with zero attached hydrogens (tertiary/aromatic N) is 1. The molecule has 1 aliphatic heterocycles. The standard InChI is InChI=1S/C15H12FN3O3/c1-15(13(20)18-10-6-3-2-5-9(10)16)14(21)19-12-11(22-15)7-4-8-17-12/h2-8H,1H3,(H,18,20)(H,17,19,21). The van der Waals surface area contributed by atoms with Gasteiger partial charge in [0.2, 0.25) is 0 Å². The first-order valence-electron chi connectivity index (χ1n) is 6.52. The number of rotatable bonds is 2. The lowest BCUT2D eigenvalue weighted by atomic mass is 10.0. The van der Waals surface area contributed by atoms with E-state index in [1.807, 2.05) is 0 Å². The number of amides is 2. The topological polar surface area (TPSA) is 80.3 Å². The molecule has 6 nitrogen and oxygen atoms in total. The third-order valence-corrected chi connectivity index (χ3v) is 3.31. The second-order valence-electron chi connectivity index (χ2n) is 4.87. The molecule has 0 saturated heterocycles. The number of carbonyl (C=O) groups is 2. The van der Waals surface area contributed by atoms with Crippen LogP contribution in [0.5, 0.6) is 5.75 Å². The molecule has 3 rings (SSSR count). The van der Waals surface area contributed by atoms with Crippen LogP contribution in [0.2, 0.25) is 0 Å². The predicted molar refractivity (Wildman–Crippen MR) is 76.9 cm³/mol. The van der Waals surface area contributed by atoms with Gasteiger partial charge in [0.25, 0.3) is 17.4 Å². The van der Waals surface area contributed by atoms with Gasteiger partial charge in [0, 0.05) is 6.20 Å². The zero-order chi connectivity index (χ0) is 15.7. The van der Waals surface area contributed by atoms with E-state index in [-0.39, 0.29) is 17.3 Å². The maximum atomic E-state index is 13.6. The number of halogens is 1. The molecule has 22 heavy (non-hydrogen) atoms. The highest BCUT2D eigenvalue weighted by molar-refractivity contribution is 6.18. The second-order valence-corrected chi connectivity index (χ2v) is 4.87. The van der Waals surface area contributed by atoms with Crippen LogP contribution in [-0.2, 0) is 9.59 Å². The Labute approximate surface area is 125 Å². The lowest BCUT2D eigenvalue weighted by molar-refractivity contribution is -0.143. The van der Waals surface area contributed by atoms with Crippen molar-refractivity contribution in [3.63, 3.8) is 0 Å². The summed E-state index contributed by atoms with van der Waals surface area (Å²) in [5, 5.41) is 4.86. The predicted octanol–water partition coefficient (Wildman–Crippen LogP) is 1.95. The first kappa shape index (κ1) is 14.0. The minimum Gasteiger partial charge on any atom is -0.464 e. The Bertz CT molecular complexity index is 765. The van der Waals surface area contributed by atoms with Crippen LogP contribution in [-0.4, -0.2) is 22.4 Å². The Morgan fingerprint density at radius 3 is 2.86 bits per heavy atom. The van der Waals surface area contributed by atoms with Gasteiger partial charge >= 0.3 is 0 Å². The minimum absolute atomic E-state index is 0.0258. The molecule has 2 aromatic rings. The molecule has 1 aliphatic rings. The molecule has 0 bridgehead atoms. The molecule has 2 heterocycles. The summed E-state index contributed by atoms with van der Waals surface area (Å²) in [5.74, 6) is -1.54. The van der Waals surface area contributed by atoms with Crippen molar-refractivity contribution in [1.82, 2.24) is 4.98 Å². The van der Waals surface area contributed by atoms with Crippen molar-refractivity contribution in [3.05, 3.63) is 48.4 Å². The molecule has 1 aromatic carbocycles. The normalized spacial score (nSPS) is 19.6. The molecule has 1 aromatic heterocycles. The first-order chi connectivity index (χ1) is 10.5. The summed E-state index contributed by atoms with van der Waals surface area (Å²) in [6.45, 7) is 1.31. The van der Waals surface area contributed by atoms with Crippen molar-refractivity contribution >= 4 is 23.3 Å². The van der Waals surface area contributed by atoms with Crippen LogP contribution in [0, 0.1) is 5.82 Å². The van der Waals surface area contributed by atoms with Gasteiger partial charge in [0.15, 0.2) is 11.6 Å². The molecule has 0 saturated carbocycles. The number of pyridine rings is 1. The van der Waals surface area contributed by atoms with Crippen molar-refractivity contribution in [2.45, 2.75) is 12.5 Å². The average molecular weight is 301 g/mol. The largest absolute Gasteiger partial charge is 0.464 e. The Balaban J connectivity index is 1.89. The monoisotopic (exact) mass is 301 g/mol. The van der Waals surface area contributed by atoms with E-state index in [0.29, 0.717) is 0 Å². The molecular formula is C15H12FN3O3. The summed E-state index contributed by atoms with van der Waals surface area (Å²) in [5.41, 5.74) is -1.85. The average Bonchev–Trinajstić information content (AvgIpc) is 2.50. The molecule has 0 fully saturated rings. The number of aromatic nitrogens is 1. The van der Waals surface area contributed by atoms with Crippen LogP contribution >= 0.6 is 0 Å².